The van der Waals surface area contributed by atoms with Gasteiger partial charge in [-0.3, -0.25) is 4.79 Å². The van der Waals surface area contributed by atoms with Crippen molar-refractivity contribution in [3.8, 4) is 0 Å². The average molecular weight is 142 g/mol. The first-order valence-electron chi connectivity index (χ1n) is 3.79. The Morgan fingerprint density at radius 3 is 2.90 bits per heavy atom. The molecule has 1 unspecified atom stereocenters. The van der Waals surface area contributed by atoms with E-state index in [1.165, 1.54) is 0 Å². The van der Waals surface area contributed by atoms with Crippen molar-refractivity contribution in [2.45, 2.75) is 25.8 Å². The highest BCUT2D eigenvalue weighted by molar-refractivity contribution is 5.83. The molecule has 0 bridgehead atoms. The number of likely N-dealkylation sites (tertiary alicyclic amines) is 1. The van der Waals surface area contributed by atoms with Gasteiger partial charge in [0.1, 0.15) is 0 Å². The molecule has 1 amide bonds. The Morgan fingerprint density at radius 2 is 2.50 bits per heavy atom. The Morgan fingerprint density at radius 1 is 1.80 bits per heavy atom. The molecule has 2 N–H and O–H groups in total. The summed E-state index contributed by atoms with van der Waals surface area (Å²) < 4.78 is 0. The SMILES string of the molecule is CCC1CC(=O)N1CCN. The van der Waals surface area contributed by atoms with Crippen LogP contribution in [0.4, 0.5) is 0 Å². The molecule has 0 aromatic carbocycles. The number of amides is 1. The van der Waals surface area contributed by atoms with Crippen LogP contribution < -0.4 is 5.73 Å². The second-order valence-electron chi connectivity index (χ2n) is 2.64. The average Bonchev–Trinajstić information content (AvgIpc) is 1.95. The normalized spacial score (nSPS) is 24.8. The lowest BCUT2D eigenvalue weighted by atomic mass is 10.00. The first kappa shape index (κ1) is 7.54. The minimum Gasteiger partial charge on any atom is -0.338 e. The van der Waals surface area contributed by atoms with Crippen LogP contribution in [0.3, 0.4) is 0 Å². The highest BCUT2D eigenvalue weighted by atomic mass is 16.2. The van der Waals surface area contributed by atoms with E-state index in [0.717, 1.165) is 19.4 Å². The smallest absolute Gasteiger partial charge is 0.224 e. The molecule has 1 heterocycles. The molecule has 0 saturated carbocycles. The van der Waals surface area contributed by atoms with Crippen molar-refractivity contribution in [1.29, 1.82) is 0 Å². The second-order valence-corrected chi connectivity index (χ2v) is 2.64. The first-order valence-corrected chi connectivity index (χ1v) is 3.79. The molecule has 3 heteroatoms. The number of rotatable bonds is 3. The van der Waals surface area contributed by atoms with Gasteiger partial charge in [-0.15, -0.1) is 0 Å². The van der Waals surface area contributed by atoms with Crippen molar-refractivity contribution in [1.82, 2.24) is 4.90 Å². The maximum atomic E-state index is 10.9. The number of carbonyl (C=O) groups is 1. The zero-order chi connectivity index (χ0) is 7.56. The number of nitrogens with zero attached hydrogens (tertiary/aromatic N) is 1. The molecule has 0 aromatic heterocycles. The van der Waals surface area contributed by atoms with E-state index in [4.69, 9.17) is 5.73 Å². The maximum absolute atomic E-state index is 10.9. The van der Waals surface area contributed by atoms with Crippen LogP contribution in [0, 0.1) is 0 Å². The summed E-state index contributed by atoms with van der Waals surface area (Å²) in [5, 5.41) is 0. The first-order chi connectivity index (χ1) is 4.79. The Bertz CT molecular complexity index is 136. The van der Waals surface area contributed by atoms with Crippen LogP contribution in [-0.2, 0) is 4.79 Å². The third kappa shape index (κ3) is 1.14. The lowest BCUT2D eigenvalue weighted by Crippen LogP contribution is -2.53. The molecule has 0 aromatic rings. The number of β-lactam (4-membered cyclic amide) rings is 1. The maximum Gasteiger partial charge on any atom is 0.224 e. The molecule has 0 aliphatic carbocycles. The Hall–Kier alpha value is -0.570. The summed E-state index contributed by atoms with van der Waals surface area (Å²) in [5.41, 5.74) is 5.32. The molecule has 1 aliphatic rings. The molecule has 1 rings (SSSR count). The van der Waals surface area contributed by atoms with Crippen molar-refractivity contribution < 1.29 is 4.79 Å². The number of nitrogens with two attached hydrogens (primary N) is 1. The van der Waals surface area contributed by atoms with Crippen LogP contribution in [-0.4, -0.2) is 29.9 Å². The van der Waals surface area contributed by atoms with E-state index in [-0.39, 0.29) is 5.91 Å². The summed E-state index contributed by atoms with van der Waals surface area (Å²) in [6.07, 6.45) is 1.79. The fourth-order valence-electron chi connectivity index (χ4n) is 1.33. The van der Waals surface area contributed by atoms with Crippen LogP contribution in [0.5, 0.6) is 0 Å². The van der Waals surface area contributed by atoms with Gasteiger partial charge in [-0.25, -0.2) is 0 Å². The summed E-state index contributed by atoms with van der Waals surface area (Å²) in [5.74, 6) is 0.261. The Kier molecular flexibility index (Phi) is 2.27. The van der Waals surface area contributed by atoms with E-state index >= 15 is 0 Å². The van der Waals surface area contributed by atoms with Crippen molar-refractivity contribution in [3.05, 3.63) is 0 Å². The lowest BCUT2D eigenvalue weighted by Gasteiger charge is -2.39. The quantitative estimate of drug-likeness (QED) is 0.562. The zero-order valence-electron chi connectivity index (χ0n) is 6.34. The summed E-state index contributed by atoms with van der Waals surface area (Å²) in [6, 6.07) is 0.482. The molecule has 0 radical (unpaired) electrons. The monoisotopic (exact) mass is 142 g/mol. The zero-order valence-corrected chi connectivity index (χ0v) is 6.34. The van der Waals surface area contributed by atoms with Crippen LogP contribution in [0.1, 0.15) is 19.8 Å². The molecule has 3 nitrogen and oxygen atoms in total. The van der Waals surface area contributed by atoms with E-state index in [0.29, 0.717) is 12.6 Å². The van der Waals surface area contributed by atoms with Gasteiger partial charge in [-0.05, 0) is 6.42 Å². The second kappa shape index (κ2) is 3.01. The van der Waals surface area contributed by atoms with Gasteiger partial charge in [0.25, 0.3) is 0 Å². The fourth-order valence-corrected chi connectivity index (χ4v) is 1.33. The minimum atomic E-state index is 0.261. The van der Waals surface area contributed by atoms with Crippen LogP contribution in [0.2, 0.25) is 0 Å². The van der Waals surface area contributed by atoms with Gasteiger partial charge in [0.15, 0.2) is 0 Å². The molecule has 0 spiro atoms. The fraction of sp³-hybridized carbons (Fsp3) is 0.857. The topological polar surface area (TPSA) is 46.3 Å². The number of carbonyl (C=O) groups excluding carboxylic acids is 1. The van der Waals surface area contributed by atoms with Crippen molar-refractivity contribution in [2.75, 3.05) is 13.1 Å². The van der Waals surface area contributed by atoms with Crippen LogP contribution in [0.15, 0.2) is 0 Å². The van der Waals surface area contributed by atoms with Gasteiger partial charge in [-0.1, -0.05) is 6.92 Å². The molecule has 1 saturated heterocycles. The summed E-state index contributed by atoms with van der Waals surface area (Å²) in [4.78, 5) is 12.7. The van der Waals surface area contributed by atoms with E-state index < -0.39 is 0 Å². The van der Waals surface area contributed by atoms with Gasteiger partial charge in [0, 0.05) is 25.6 Å². The molecule has 58 valence electrons. The van der Waals surface area contributed by atoms with Gasteiger partial charge in [0.2, 0.25) is 5.91 Å². The minimum absolute atomic E-state index is 0.261. The number of hydrogen-bond acceptors (Lipinski definition) is 2. The van der Waals surface area contributed by atoms with E-state index in [1.54, 1.807) is 0 Å². The van der Waals surface area contributed by atoms with Gasteiger partial charge in [-0.2, -0.15) is 0 Å². The molecule has 1 aliphatic heterocycles. The third-order valence-corrected chi connectivity index (χ3v) is 2.01. The molecule has 1 atom stereocenters. The largest absolute Gasteiger partial charge is 0.338 e. The summed E-state index contributed by atoms with van der Waals surface area (Å²) >= 11 is 0. The summed E-state index contributed by atoms with van der Waals surface area (Å²) in [6.45, 7) is 3.42. The van der Waals surface area contributed by atoms with E-state index in [9.17, 15) is 4.79 Å². The van der Waals surface area contributed by atoms with E-state index in [1.807, 2.05) is 4.90 Å². The lowest BCUT2D eigenvalue weighted by molar-refractivity contribution is -0.145. The predicted octanol–water partition coefficient (Wildman–Crippen LogP) is -0.0440. The molecule has 10 heavy (non-hydrogen) atoms. The van der Waals surface area contributed by atoms with Crippen LogP contribution >= 0.6 is 0 Å². The summed E-state index contributed by atoms with van der Waals surface area (Å²) in [7, 11) is 0. The van der Waals surface area contributed by atoms with Crippen molar-refractivity contribution in [3.63, 3.8) is 0 Å². The van der Waals surface area contributed by atoms with Crippen molar-refractivity contribution >= 4 is 5.91 Å². The van der Waals surface area contributed by atoms with Crippen LogP contribution in [0.25, 0.3) is 0 Å². The standard InChI is InChI=1S/C7H14N2O/c1-2-6-5-7(10)9(6)4-3-8/h6H,2-5,8H2,1H3. The van der Waals surface area contributed by atoms with Gasteiger partial charge >= 0.3 is 0 Å². The Labute approximate surface area is 61.2 Å². The van der Waals surface area contributed by atoms with E-state index in [2.05, 4.69) is 6.92 Å². The highest BCUT2D eigenvalue weighted by Crippen LogP contribution is 2.20. The van der Waals surface area contributed by atoms with Gasteiger partial charge in [0.05, 0.1) is 0 Å². The highest BCUT2D eigenvalue weighted by Gasteiger charge is 2.33. The Balaban J connectivity index is 2.32. The molecular weight excluding hydrogens is 128 g/mol. The van der Waals surface area contributed by atoms with Gasteiger partial charge < -0.3 is 10.6 Å². The molecular formula is C7H14N2O. The number of hydrogen-bond donors (Lipinski definition) is 1. The molecule has 1 fully saturated rings. The van der Waals surface area contributed by atoms with Crippen molar-refractivity contribution in [2.24, 2.45) is 5.73 Å². The third-order valence-electron chi connectivity index (χ3n) is 2.01. The predicted molar refractivity (Wildman–Crippen MR) is 39.5 cm³/mol.